The summed E-state index contributed by atoms with van der Waals surface area (Å²) < 4.78 is 26.4. The van der Waals surface area contributed by atoms with Gasteiger partial charge < -0.3 is 11.1 Å². The van der Waals surface area contributed by atoms with E-state index in [1.165, 1.54) is 12.1 Å². The Morgan fingerprint density at radius 3 is 2.67 bits per heavy atom. The minimum atomic E-state index is -3.59. The van der Waals surface area contributed by atoms with Gasteiger partial charge in [0.05, 0.1) is 4.90 Å². The lowest BCUT2D eigenvalue weighted by Crippen LogP contribution is -2.29. The fourth-order valence-corrected chi connectivity index (χ4v) is 3.25. The van der Waals surface area contributed by atoms with Gasteiger partial charge in [-0.2, -0.15) is 0 Å². The maximum atomic E-state index is 12.0. The summed E-state index contributed by atoms with van der Waals surface area (Å²) >= 11 is 0. The van der Waals surface area contributed by atoms with E-state index in [1.807, 2.05) is 13.8 Å². The third-order valence-electron chi connectivity index (χ3n) is 3.68. The molecular weight excluding hydrogens is 290 g/mol. The van der Waals surface area contributed by atoms with Gasteiger partial charge in [0.15, 0.2) is 0 Å². The number of sulfonamides is 1. The lowest BCUT2D eigenvalue weighted by Gasteiger charge is -2.09. The molecule has 0 heterocycles. The van der Waals surface area contributed by atoms with Crippen LogP contribution in [0.5, 0.6) is 0 Å². The summed E-state index contributed by atoms with van der Waals surface area (Å²) in [6.45, 7) is 4.48. The van der Waals surface area contributed by atoms with E-state index in [1.54, 1.807) is 12.1 Å². The average molecular weight is 311 g/mol. The Labute approximate surface area is 125 Å². The van der Waals surface area contributed by atoms with Crippen LogP contribution in [-0.2, 0) is 14.8 Å². The molecule has 1 aliphatic carbocycles. The van der Waals surface area contributed by atoms with E-state index in [4.69, 9.17) is 5.73 Å². The van der Waals surface area contributed by atoms with E-state index in [0.717, 1.165) is 6.42 Å². The van der Waals surface area contributed by atoms with Gasteiger partial charge in [-0.15, -0.1) is 0 Å². The molecular formula is C14H21N3O3S. The fourth-order valence-electron chi connectivity index (χ4n) is 2.16. The Morgan fingerprint density at radius 2 is 2.10 bits per heavy atom. The first-order chi connectivity index (χ1) is 9.76. The average Bonchev–Trinajstić information content (AvgIpc) is 3.06. The van der Waals surface area contributed by atoms with Gasteiger partial charge in [0.1, 0.15) is 0 Å². The predicted octanol–water partition coefficient (Wildman–Crippen LogP) is 0.908. The number of anilines is 1. The number of hydrogen-bond acceptors (Lipinski definition) is 4. The molecule has 6 nitrogen and oxygen atoms in total. The molecule has 0 bridgehead atoms. The van der Waals surface area contributed by atoms with Crippen molar-refractivity contribution in [2.45, 2.75) is 25.2 Å². The normalized spacial score (nSPS) is 20.0. The first-order valence-electron chi connectivity index (χ1n) is 6.87. The topological polar surface area (TPSA) is 101 Å². The summed E-state index contributed by atoms with van der Waals surface area (Å²) in [6.07, 6.45) is 0.856. The second-order valence-electron chi connectivity index (χ2n) is 5.95. The van der Waals surface area contributed by atoms with Crippen molar-refractivity contribution in [2.24, 2.45) is 17.1 Å². The zero-order chi connectivity index (χ0) is 15.7. The number of benzene rings is 1. The van der Waals surface area contributed by atoms with Crippen LogP contribution in [0.1, 0.15) is 20.3 Å². The number of nitrogens with one attached hydrogen (secondary N) is 2. The van der Waals surface area contributed by atoms with Gasteiger partial charge in [-0.3, -0.25) is 4.79 Å². The molecule has 0 spiro atoms. The van der Waals surface area contributed by atoms with Crippen molar-refractivity contribution in [1.29, 1.82) is 0 Å². The summed E-state index contributed by atoms with van der Waals surface area (Å²) in [4.78, 5) is 12.1. The summed E-state index contributed by atoms with van der Waals surface area (Å²) in [7, 11) is -3.59. The first-order valence-corrected chi connectivity index (χ1v) is 8.35. The van der Waals surface area contributed by atoms with E-state index in [2.05, 4.69) is 10.0 Å². The molecule has 1 atom stereocenters. The molecule has 1 aliphatic rings. The molecule has 1 amide bonds. The highest BCUT2D eigenvalue weighted by Crippen LogP contribution is 2.51. The van der Waals surface area contributed by atoms with Gasteiger partial charge >= 0.3 is 0 Å². The molecule has 1 saturated carbocycles. The van der Waals surface area contributed by atoms with Crippen LogP contribution in [0, 0.1) is 11.3 Å². The molecule has 0 aromatic heterocycles. The molecule has 2 rings (SSSR count). The highest BCUT2D eigenvalue weighted by molar-refractivity contribution is 7.89. The highest BCUT2D eigenvalue weighted by Gasteiger charge is 2.50. The summed E-state index contributed by atoms with van der Waals surface area (Å²) in [5.74, 6) is -0.0717. The number of amides is 1. The van der Waals surface area contributed by atoms with Crippen molar-refractivity contribution in [2.75, 3.05) is 18.4 Å². The van der Waals surface area contributed by atoms with Crippen LogP contribution in [-0.4, -0.2) is 27.4 Å². The molecule has 0 saturated heterocycles. The van der Waals surface area contributed by atoms with Crippen molar-refractivity contribution in [3.05, 3.63) is 24.3 Å². The number of rotatable bonds is 6. The van der Waals surface area contributed by atoms with Gasteiger partial charge in [-0.1, -0.05) is 19.9 Å². The number of hydrogen-bond donors (Lipinski definition) is 3. The van der Waals surface area contributed by atoms with Crippen molar-refractivity contribution in [1.82, 2.24) is 4.72 Å². The Hall–Kier alpha value is -1.44. The molecule has 1 aromatic carbocycles. The molecule has 0 radical (unpaired) electrons. The quantitative estimate of drug-likeness (QED) is 0.726. The van der Waals surface area contributed by atoms with E-state index in [9.17, 15) is 13.2 Å². The summed E-state index contributed by atoms with van der Waals surface area (Å²) in [5, 5.41) is 2.77. The molecule has 1 aromatic rings. The SMILES string of the molecule is CC1(C)CC1C(=O)Nc1cccc(S(=O)(=O)NCCN)c1. The Balaban J connectivity index is 2.09. The predicted molar refractivity (Wildman–Crippen MR) is 81.2 cm³/mol. The van der Waals surface area contributed by atoms with Crippen molar-refractivity contribution in [3.63, 3.8) is 0 Å². The van der Waals surface area contributed by atoms with Crippen LogP contribution in [0.25, 0.3) is 0 Å². The van der Waals surface area contributed by atoms with Gasteiger partial charge in [0.25, 0.3) is 0 Å². The van der Waals surface area contributed by atoms with E-state index >= 15 is 0 Å². The van der Waals surface area contributed by atoms with Crippen LogP contribution < -0.4 is 15.8 Å². The second kappa shape index (κ2) is 5.75. The highest BCUT2D eigenvalue weighted by atomic mass is 32.2. The Kier molecular flexibility index (Phi) is 4.36. The molecule has 21 heavy (non-hydrogen) atoms. The summed E-state index contributed by atoms with van der Waals surface area (Å²) in [5.41, 5.74) is 5.81. The van der Waals surface area contributed by atoms with Crippen LogP contribution in [0.4, 0.5) is 5.69 Å². The lowest BCUT2D eigenvalue weighted by atomic mass is 10.1. The second-order valence-corrected chi connectivity index (χ2v) is 7.72. The minimum absolute atomic E-state index is 0.00636. The smallest absolute Gasteiger partial charge is 0.240 e. The van der Waals surface area contributed by atoms with Gasteiger partial charge in [-0.05, 0) is 30.0 Å². The van der Waals surface area contributed by atoms with Crippen LogP contribution >= 0.6 is 0 Å². The fraction of sp³-hybridized carbons (Fsp3) is 0.500. The Morgan fingerprint density at radius 1 is 1.43 bits per heavy atom. The van der Waals surface area contributed by atoms with E-state index < -0.39 is 10.0 Å². The summed E-state index contributed by atoms with van der Waals surface area (Å²) in [6, 6.07) is 6.21. The lowest BCUT2D eigenvalue weighted by molar-refractivity contribution is -0.118. The zero-order valence-corrected chi connectivity index (χ0v) is 13.0. The van der Waals surface area contributed by atoms with E-state index in [-0.39, 0.29) is 35.2 Å². The largest absolute Gasteiger partial charge is 0.329 e. The first kappa shape index (κ1) is 15.9. The molecule has 1 fully saturated rings. The molecule has 116 valence electrons. The molecule has 1 unspecified atom stereocenters. The van der Waals surface area contributed by atoms with Crippen molar-refractivity contribution >= 4 is 21.6 Å². The number of nitrogens with two attached hydrogens (primary N) is 1. The zero-order valence-electron chi connectivity index (χ0n) is 12.2. The minimum Gasteiger partial charge on any atom is -0.329 e. The van der Waals surface area contributed by atoms with Crippen LogP contribution in [0.3, 0.4) is 0 Å². The number of carbonyl (C=O) groups excluding carboxylic acids is 1. The molecule has 7 heteroatoms. The van der Waals surface area contributed by atoms with Gasteiger partial charge in [0.2, 0.25) is 15.9 Å². The third-order valence-corrected chi connectivity index (χ3v) is 5.14. The maximum absolute atomic E-state index is 12.0. The third kappa shape index (κ3) is 3.81. The Bertz CT molecular complexity index is 641. The standard InChI is InChI=1S/C14H21N3O3S/c1-14(2)9-12(14)13(18)17-10-4-3-5-11(8-10)21(19,20)16-7-6-15/h3-5,8,12,16H,6-7,9,15H2,1-2H3,(H,17,18). The van der Waals surface area contributed by atoms with Gasteiger partial charge in [0, 0.05) is 24.7 Å². The maximum Gasteiger partial charge on any atom is 0.240 e. The monoisotopic (exact) mass is 311 g/mol. The van der Waals surface area contributed by atoms with Crippen LogP contribution in [0.15, 0.2) is 29.2 Å². The molecule has 0 aliphatic heterocycles. The molecule has 4 N–H and O–H groups in total. The van der Waals surface area contributed by atoms with E-state index in [0.29, 0.717) is 5.69 Å². The number of carbonyl (C=O) groups is 1. The van der Waals surface area contributed by atoms with Gasteiger partial charge in [-0.25, -0.2) is 13.1 Å². The van der Waals surface area contributed by atoms with Crippen molar-refractivity contribution in [3.8, 4) is 0 Å². The van der Waals surface area contributed by atoms with Crippen molar-refractivity contribution < 1.29 is 13.2 Å². The van der Waals surface area contributed by atoms with Crippen LogP contribution in [0.2, 0.25) is 0 Å².